The molecule has 0 spiro atoms. The van der Waals surface area contributed by atoms with Crippen LogP contribution in [0.25, 0.3) is 6.08 Å². The Morgan fingerprint density at radius 3 is 2.55 bits per heavy atom. The summed E-state index contributed by atoms with van der Waals surface area (Å²) >= 11 is 9.65. The first kappa shape index (κ1) is 22.9. The van der Waals surface area contributed by atoms with Crippen molar-refractivity contribution in [1.29, 1.82) is 0 Å². The lowest BCUT2D eigenvalue weighted by Crippen LogP contribution is -2.54. The lowest BCUT2D eigenvalue weighted by Gasteiger charge is -2.27. The highest BCUT2D eigenvalue weighted by molar-refractivity contribution is 9.10. The van der Waals surface area contributed by atoms with Crippen molar-refractivity contribution in [3.63, 3.8) is 0 Å². The zero-order valence-electron chi connectivity index (χ0n) is 17.4. The molecule has 5 nitrogen and oxygen atoms in total. The van der Waals surface area contributed by atoms with Crippen molar-refractivity contribution in [2.75, 3.05) is 4.90 Å². The number of amides is 4. The van der Waals surface area contributed by atoms with Crippen LogP contribution in [0.15, 0.2) is 70.7 Å². The maximum absolute atomic E-state index is 13.5. The van der Waals surface area contributed by atoms with Gasteiger partial charge in [0.2, 0.25) is 0 Å². The van der Waals surface area contributed by atoms with Crippen LogP contribution in [0.2, 0.25) is 5.02 Å². The molecular formula is C25H17BrClFN2O3. The average Bonchev–Trinajstić information content (AvgIpc) is 2.76. The third kappa shape index (κ3) is 4.74. The van der Waals surface area contributed by atoms with Gasteiger partial charge in [-0.15, -0.1) is 0 Å². The zero-order valence-corrected chi connectivity index (χ0v) is 19.7. The molecule has 4 amide bonds. The van der Waals surface area contributed by atoms with Gasteiger partial charge in [0.1, 0.15) is 11.4 Å². The summed E-state index contributed by atoms with van der Waals surface area (Å²) in [5.41, 5.74) is 2.97. The Kier molecular flexibility index (Phi) is 6.44. The van der Waals surface area contributed by atoms with Crippen LogP contribution >= 0.6 is 27.5 Å². The third-order valence-corrected chi connectivity index (χ3v) is 6.40. The van der Waals surface area contributed by atoms with E-state index in [-0.39, 0.29) is 11.4 Å². The molecule has 33 heavy (non-hydrogen) atoms. The van der Waals surface area contributed by atoms with E-state index in [1.165, 1.54) is 18.2 Å². The first-order valence-corrected chi connectivity index (χ1v) is 11.1. The maximum atomic E-state index is 13.5. The van der Waals surface area contributed by atoms with E-state index < -0.39 is 17.8 Å². The van der Waals surface area contributed by atoms with E-state index in [2.05, 4.69) is 21.2 Å². The number of benzene rings is 3. The zero-order chi connectivity index (χ0) is 23.7. The number of imide groups is 2. The molecule has 0 radical (unpaired) electrons. The van der Waals surface area contributed by atoms with Crippen LogP contribution in [0.3, 0.4) is 0 Å². The van der Waals surface area contributed by atoms with E-state index in [9.17, 15) is 18.8 Å². The van der Waals surface area contributed by atoms with Gasteiger partial charge in [0.05, 0.1) is 5.69 Å². The molecule has 4 rings (SSSR count). The quantitative estimate of drug-likeness (QED) is 0.344. The highest BCUT2D eigenvalue weighted by Gasteiger charge is 2.37. The first-order chi connectivity index (χ1) is 15.7. The molecule has 0 saturated carbocycles. The molecule has 1 heterocycles. The van der Waals surface area contributed by atoms with Crippen molar-refractivity contribution in [3.05, 3.63) is 104 Å². The molecule has 1 fully saturated rings. The smallest absolute Gasteiger partial charge is 0.273 e. The minimum atomic E-state index is -0.834. The Morgan fingerprint density at radius 1 is 1.06 bits per heavy atom. The van der Waals surface area contributed by atoms with Gasteiger partial charge in [-0.05, 0) is 72.0 Å². The van der Waals surface area contributed by atoms with Crippen LogP contribution in [0.1, 0.15) is 22.3 Å². The van der Waals surface area contributed by atoms with Gasteiger partial charge in [0.25, 0.3) is 11.8 Å². The summed E-state index contributed by atoms with van der Waals surface area (Å²) in [5, 5.41) is 2.60. The molecule has 3 aromatic rings. The van der Waals surface area contributed by atoms with Gasteiger partial charge in [-0.25, -0.2) is 14.1 Å². The number of carbonyl (C=O) groups excluding carboxylic acids is 3. The monoisotopic (exact) mass is 526 g/mol. The Morgan fingerprint density at radius 2 is 1.82 bits per heavy atom. The molecule has 0 aliphatic carbocycles. The largest absolute Gasteiger partial charge is 0.335 e. The van der Waals surface area contributed by atoms with E-state index in [4.69, 9.17) is 11.6 Å². The van der Waals surface area contributed by atoms with Crippen molar-refractivity contribution >= 4 is 57.1 Å². The van der Waals surface area contributed by atoms with E-state index in [1.54, 1.807) is 43.3 Å². The average molecular weight is 528 g/mol. The maximum Gasteiger partial charge on any atom is 0.335 e. The number of halogens is 3. The molecule has 0 bridgehead atoms. The van der Waals surface area contributed by atoms with Crippen molar-refractivity contribution in [1.82, 2.24) is 5.32 Å². The lowest BCUT2D eigenvalue weighted by atomic mass is 10.0. The molecule has 0 unspecified atom stereocenters. The van der Waals surface area contributed by atoms with Crippen LogP contribution in [0.4, 0.5) is 14.9 Å². The van der Waals surface area contributed by atoms with E-state index >= 15 is 0 Å². The number of hydrogen-bond donors (Lipinski definition) is 1. The van der Waals surface area contributed by atoms with Gasteiger partial charge < -0.3 is 0 Å². The third-order valence-electron chi connectivity index (χ3n) is 5.25. The van der Waals surface area contributed by atoms with Crippen LogP contribution in [0, 0.1) is 12.7 Å². The molecule has 1 aliphatic rings. The fourth-order valence-corrected chi connectivity index (χ4v) is 4.25. The SMILES string of the molecule is Cc1c(Cl)cccc1N1C(=O)NC(=O)/C(=C\c2ccc(Cc3cccc(F)c3)c(Br)c2)C1=O. The number of hydrogen-bond acceptors (Lipinski definition) is 3. The molecule has 8 heteroatoms. The molecule has 1 aliphatic heterocycles. The number of carbonyl (C=O) groups is 3. The van der Waals surface area contributed by atoms with Gasteiger partial charge in [-0.2, -0.15) is 0 Å². The summed E-state index contributed by atoms with van der Waals surface area (Å²) < 4.78 is 14.2. The van der Waals surface area contributed by atoms with Crippen molar-refractivity contribution in [3.8, 4) is 0 Å². The summed E-state index contributed by atoms with van der Waals surface area (Å²) in [4.78, 5) is 38.9. The summed E-state index contributed by atoms with van der Waals surface area (Å²) in [6, 6.07) is 15.7. The summed E-state index contributed by atoms with van der Waals surface area (Å²) in [6.07, 6.45) is 1.93. The number of rotatable bonds is 4. The van der Waals surface area contributed by atoms with E-state index in [0.29, 0.717) is 28.3 Å². The number of nitrogens with one attached hydrogen (secondary N) is 1. The second-order valence-corrected chi connectivity index (χ2v) is 8.76. The molecule has 0 aromatic heterocycles. The fraction of sp³-hybridized carbons (Fsp3) is 0.0800. The summed E-state index contributed by atoms with van der Waals surface area (Å²) in [7, 11) is 0. The van der Waals surface area contributed by atoms with Gasteiger partial charge in [0, 0.05) is 9.50 Å². The van der Waals surface area contributed by atoms with Gasteiger partial charge in [-0.1, -0.05) is 57.9 Å². The molecule has 166 valence electrons. The van der Waals surface area contributed by atoms with Crippen molar-refractivity contribution in [2.24, 2.45) is 0 Å². The lowest BCUT2D eigenvalue weighted by molar-refractivity contribution is -0.122. The summed E-state index contributed by atoms with van der Waals surface area (Å²) in [5.74, 6) is -1.82. The number of barbiturate groups is 1. The van der Waals surface area contributed by atoms with Crippen LogP contribution in [-0.2, 0) is 16.0 Å². The predicted octanol–water partition coefficient (Wildman–Crippen LogP) is 5.81. The highest BCUT2D eigenvalue weighted by atomic mass is 79.9. The van der Waals surface area contributed by atoms with Crippen molar-refractivity contribution < 1.29 is 18.8 Å². The van der Waals surface area contributed by atoms with E-state index in [0.717, 1.165) is 20.5 Å². The standard InChI is InChI=1S/C25H17BrClFN2O3/c1-14-21(27)6-3-7-22(14)30-24(32)19(23(31)29-25(30)33)12-16-8-9-17(20(26)13-16)10-15-4-2-5-18(28)11-15/h2-9,11-13H,10H2,1H3,(H,29,31,33)/b19-12+. The molecule has 0 atom stereocenters. The van der Waals surface area contributed by atoms with Crippen LogP contribution < -0.4 is 10.2 Å². The van der Waals surface area contributed by atoms with Crippen LogP contribution in [-0.4, -0.2) is 17.8 Å². The molecule has 1 N–H and O–H groups in total. The number of nitrogens with zero attached hydrogens (tertiary/aromatic N) is 1. The molecule has 1 saturated heterocycles. The predicted molar refractivity (Wildman–Crippen MR) is 129 cm³/mol. The second kappa shape index (κ2) is 9.29. The topological polar surface area (TPSA) is 66.5 Å². The first-order valence-electron chi connectivity index (χ1n) is 9.94. The van der Waals surface area contributed by atoms with Gasteiger partial charge in [0.15, 0.2) is 0 Å². The highest BCUT2D eigenvalue weighted by Crippen LogP contribution is 2.30. The Hall–Kier alpha value is -3.29. The molecular weight excluding hydrogens is 511 g/mol. The summed E-state index contributed by atoms with van der Waals surface area (Å²) in [6.45, 7) is 1.69. The minimum Gasteiger partial charge on any atom is -0.273 e. The number of anilines is 1. The second-order valence-electron chi connectivity index (χ2n) is 7.50. The Bertz CT molecular complexity index is 1340. The fourth-order valence-electron chi connectivity index (χ4n) is 3.54. The van der Waals surface area contributed by atoms with E-state index in [1.807, 2.05) is 12.1 Å². The minimum absolute atomic E-state index is 0.182. The Balaban J connectivity index is 1.65. The van der Waals surface area contributed by atoms with Crippen molar-refractivity contribution in [2.45, 2.75) is 13.3 Å². The van der Waals surface area contributed by atoms with Gasteiger partial charge in [-0.3, -0.25) is 14.9 Å². The normalized spacial score (nSPS) is 15.2. The number of urea groups is 1. The van der Waals surface area contributed by atoms with Crippen LogP contribution in [0.5, 0.6) is 0 Å². The Labute approximate surface area is 203 Å². The van der Waals surface area contributed by atoms with Gasteiger partial charge >= 0.3 is 6.03 Å². The molecule has 3 aromatic carbocycles.